The molecule has 6 nitrogen and oxygen atoms in total. The van der Waals surface area contributed by atoms with Crippen molar-refractivity contribution in [2.45, 2.75) is 106 Å². The van der Waals surface area contributed by atoms with Crippen LogP contribution in [0.3, 0.4) is 0 Å². The van der Waals surface area contributed by atoms with E-state index in [0.29, 0.717) is 35.8 Å². The fraction of sp³-hybridized carbons (Fsp3) is 0.958. The standard InChI is InChI=1S/2C11H24NO.CH4O.CHO.Ru/c2*1-6-12-10(8(2)3)7-11(13)9(4)5;2*1-2;/h2*8-11,13H,6-7H2,1-5H3;2H,1H3;1H;/q2*-1;;-1;+3. The Morgan fingerprint density at radius 2 is 0.839 bits per heavy atom. The number of hydrogen-bond acceptors (Lipinski definition) is 4. The molecule has 191 valence electrons. The zero-order valence-electron chi connectivity index (χ0n) is 22.0. The van der Waals surface area contributed by atoms with Crippen LogP contribution in [0.5, 0.6) is 0 Å². The minimum atomic E-state index is -0.206. The maximum Gasteiger partial charge on any atom is 3.00 e. The molecule has 0 fully saturated rings. The average molecular weight is 535 g/mol. The second-order valence-electron chi connectivity index (χ2n) is 8.71. The minimum absolute atomic E-state index is 0. The molecule has 0 aromatic heterocycles. The van der Waals surface area contributed by atoms with Crippen molar-refractivity contribution in [1.29, 1.82) is 0 Å². The first-order chi connectivity index (χ1) is 14.0. The molecule has 0 aromatic carbocycles. The summed E-state index contributed by atoms with van der Waals surface area (Å²) < 4.78 is 0. The van der Waals surface area contributed by atoms with Crippen LogP contribution in [-0.4, -0.2) is 66.6 Å². The Hall–Kier alpha value is 0.0934. The van der Waals surface area contributed by atoms with E-state index < -0.39 is 0 Å². The molecule has 0 amide bonds. The summed E-state index contributed by atoms with van der Waals surface area (Å²) >= 11 is 0. The second-order valence-corrected chi connectivity index (χ2v) is 8.71. The summed E-state index contributed by atoms with van der Waals surface area (Å²) in [7, 11) is 1.00. The van der Waals surface area contributed by atoms with E-state index in [0.717, 1.165) is 33.0 Å². The Morgan fingerprint density at radius 3 is 0.968 bits per heavy atom. The molecule has 0 saturated carbocycles. The molecule has 4 atom stereocenters. The number of aliphatic hydroxyl groups excluding tert-OH is 3. The predicted octanol–water partition coefficient (Wildman–Crippen LogP) is 4.96. The Balaban J connectivity index is -0.000000122. The topological polar surface area (TPSA) is 106 Å². The number of rotatable bonds is 12. The smallest absolute Gasteiger partial charge is 0.659 e. The summed E-state index contributed by atoms with van der Waals surface area (Å²) in [6, 6.07) is 0.643. The average Bonchev–Trinajstić information content (AvgIpc) is 2.70. The van der Waals surface area contributed by atoms with Gasteiger partial charge < -0.3 is 30.7 Å². The summed E-state index contributed by atoms with van der Waals surface area (Å²) in [5, 5.41) is 35.4. The van der Waals surface area contributed by atoms with Crippen molar-refractivity contribution < 1.29 is 39.6 Å². The fourth-order valence-corrected chi connectivity index (χ4v) is 2.62. The van der Waals surface area contributed by atoms with Crippen LogP contribution in [0, 0.1) is 23.7 Å². The zero-order chi connectivity index (χ0) is 24.9. The summed E-state index contributed by atoms with van der Waals surface area (Å²) in [5.41, 5.74) is 0. The Kier molecular flexibility index (Phi) is 37.5. The molecule has 1 radical (unpaired) electrons. The zero-order valence-corrected chi connectivity index (χ0v) is 23.8. The third kappa shape index (κ3) is 26.2. The van der Waals surface area contributed by atoms with Gasteiger partial charge in [0.2, 0.25) is 0 Å². The van der Waals surface area contributed by atoms with E-state index in [1.807, 2.05) is 27.7 Å². The molecule has 0 spiro atoms. The van der Waals surface area contributed by atoms with E-state index in [9.17, 15) is 10.2 Å². The third-order valence-corrected chi connectivity index (χ3v) is 4.88. The van der Waals surface area contributed by atoms with Gasteiger partial charge in [0.05, 0.1) is 12.2 Å². The molecular formula is C24H53N2O4Ru. The van der Waals surface area contributed by atoms with Crippen LogP contribution in [0.15, 0.2) is 0 Å². The molecule has 0 bridgehead atoms. The molecule has 0 saturated heterocycles. The summed E-state index contributed by atoms with van der Waals surface area (Å²) in [6.07, 6.45) is 1.21. The molecule has 0 aliphatic heterocycles. The van der Waals surface area contributed by atoms with Gasteiger partial charge in [-0.05, 0) is 24.7 Å². The number of carbonyl (C=O) groups excluding carboxylic acids is 1. The van der Waals surface area contributed by atoms with Gasteiger partial charge in [-0.1, -0.05) is 81.1 Å². The van der Waals surface area contributed by atoms with Gasteiger partial charge in [0.25, 0.3) is 0 Å². The number of aliphatic hydroxyl groups is 3. The summed E-state index contributed by atoms with van der Waals surface area (Å²) in [5.74, 6) is 1.75. The van der Waals surface area contributed by atoms with E-state index in [2.05, 4.69) is 59.0 Å². The molecule has 4 unspecified atom stereocenters. The van der Waals surface area contributed by atoms with Gasteiger partial charge in [-0.3, -0.25) is 6.79 Å². The van der Waals surface area contributed by atoms with Crippen molar-refractivity contribution in [2.75, 3.05) is 20.2 Å². The van der Waals surface area contributed by atoms with Gasteiger partial charge in [-0.25, -0.2) is 0 Å². The summed E-state index contributed by atoms with van der Waals surface area (Å²) in [6.45, 7) is 25.9. The van der Waals surface area contributed by atoms with Crippen LogP contribution in [0.25, 0.3) is 10.6 Å². The van der Waals surface area contributed by atoms with Gasteiger partial charge in [-0.2, -0.15) is 13.1 Å². The predicted molar refractivity (Wildman–Crippen MR) is 131 cm³/mol. The first-order valence-electron chi connectivity index (χ1n) is 11.3. The van der Waals surface area contributed by atoms with Crippen molar-refractivity contribution in [1.82, 2.24) is 0 Å². The normalized spacial score (nSPS) is 14.3. The first kappa shape index (κ1) is 41.4. The molecule has 0 aromatic rings. The van der Waals surface area contributed by atoms with Crippen LogP contribution >= 0.6 is 0 Å². The van der Waals surface area contributed by atoms with E-state index in [4.69, 9.17) is 9.90 Å². The molecule has 0 heterocycles. The Morgan fingerprint density at radius 1 is 0.613 bits per heavy atom. The van der Waals surface area contributed by atoms with E-state index in [-0.39, 0.29) is 31.7 Å². The molecule has 3 N–H and O–H groups in total. The van der Waals surface area contributed by atoms with Crippen LogP contribution in [0.1, 0.15) is 82.1 Å². The van der Waals surface area contributed by atoms with E-state index in [1.54, 1.807) is 0 Å². The van der Waals surface area contributed by atoms with Crippen LogP contribution < -0.4 is 0 Å². The first-order valence-corrected chi connectivity index (χ1v) is 11.3. The van der Waals surface area contributed by atoms with Crippen LogP contribution in [0.4, 0.5) is 0 Å². The van der Waals surface area contributed by atoms with E-state index in [1.165, 1.54) is 0 Å². The van der Waals surface area contributed by atoms with Gasteiger partial charge in [0, 0.05) is 7.11 Å². The van der Waals surface area contributed by atoms with E-state index >= 15 is 0 Å². The maximum absolute atomic E-state index is 9.71. The molecule has 0 aliphatic carbocycles. The molecule has 31 heavy (non-hydrogen) atoms. The van der Waals surface area contributed by atoms with Gasteiger partial charge in [0.1, 0.15) is 0 Å². The fourth-order valence-electron chi connectivity index (χ4n) is 2.62. The summed E-state index contributed by atoms with van der Waals surface area (Å²) in [4.78, 5) is 7.75. The Bertz CT molecular complexity index is 303. The van der Waals surface area contributed by atoms with Crippen molar-refractivity contribution in [3.63, 3.8) is 0 Å². The largest absolute Gasteiger partial charge is 3.00 e. The maximum atomic E-state index is 9.71. The van der Waals surface area contributed by atoms with Gasteiger partial charge >= 0.3 is 19.5 Å². The number of nitrogens with zero attached hydrogens (tertiary/aromatic N) is 2. The van der Waals surface area contributed by atoms with Crippen molar-refractivity contribution >= 4 is 6.79 Å². The van der Waals surface area contributed by atoms with Gasteiger partial charge in [0.15, 0.2) is 0 Å². The Labute approximate surface area is 207 Å². The quantitative estimate of drug-likeness (QED) is 0.187. The van der Waals surface area contributed by atoms with Crippen LogP contribution in [0.2, 0.25) is 0 Å². The van der Waals surface area contributed by atoms with Crippen molar-refractivity contribution in [3.05, 3.63) is 10.6 Å². The second kappa shape index (κ2) is 28.1. The van der Waals surface area contributed by atoms with Gasteiger partial charge in [-0.15, -0.1) is 12.1 Å². The molecule has 7 heteroatoms. The third-order valence-electron chi connectivity index (χ3n) is 4.88. The molecule has 0 rings (SSSR count). The van der Waals surface area contributed by atoms with Crippen LogP contribution in [-0.2, 0) is 24.3 Å². The molecule has 0 aliphatic rings. The molecular weight excluding hydrogens is 481 g/mol. The SMILES string of the molecule is CC[N-]C(CC(O)C(C)C)C(C)C.CC[N-]C(CC(O)C(C)C)C(C)C.CO.[CH-]=O.[Ru+3]. The number of hydrogen-bond donors (Lipinski definition) is 3. The minimum Gasteiger partial charge on any atom is -0.659 e. The van der Waals surface area contributed by atoms with Crippen molar-refractivity contribution in [3.8, 4) is 0 Å². The van der Waals surface area contributed by atoms with Crippen molar-refractivity contribution in [2.24, 2.45) is 23.7 Å². The monoisotopic (exact) mass is 535 g/mol.